The van der Waals surface area contributed by atoms with Crippen LogP contribution in [0.2, 0.25) is 0 Å². The number of hydrogen-bond donors (Lipinski definition) is 0. The fourth-order valence-electron chi connectivity index (χ4n) is 4.42. The smallest absolute Gasteiger partial charge is 0.307 e. The summed E-state index contributed by atoms with van der Waals surface area (Å²) in [5.74, 6) is 0.808. The highest BCUT2D eigenvalue weighted by Crippen LogP contribution is 2.35. The van der Waals surface area contributed by atoms with E-state index >= 15 is 0 Å². The van der Waals surface area contributed by atoms with Crippen LogP contribution in [-0.4, -0.2) is 37.3 Å². The minimum atomic E-state index is -0.138. The molecule has 0 fully saturated rings. The molecule has 0 bridgehead atoms. The predicted octanol–water partition coefficient (Wildman–Crippen LogP) is 6.01. The summed E-state index contributed by atoms with van der Waals surface area (Å²) in [4.78, 5) is 20.2. The molecule has 0 aliphatic carbocycles. The van der Waals surface area contributed by atoms with Crippen molar-refractivity contribution >= 4 is 23.0 Å². The van der Waals surface area contributed by atoms with Gasteiger partial charge in [-0.2, -0.15) is 0 Å². The van der Waals surface area contributed by atoms with Crippen LogP contribution in [-0.2, 0) is 28.8 Å². The number of aryl methyl sites for hydroxylation is 2. The highest BCUT2D eigenvalue weighted by atomic mass is 32.1. The van der Waals surface area contributed by atoms with E-state index in [1.54, 1.807) is 11.3 Å². The number of anilines is 1. The molecule has 6 heteroatoms. The first kappa shape index (κ1) is 24.3. The average Bonchev–Trinajstić information content (AvgIpc) is 3.23. The molecule has 0 radical (unpaired) electrons. The summed E-state index contributed by atoms with van der Waals surface area (Å²) in [6.45, 7) is 8.81. The van der Waals surface area contributed by atoms with E-state index in [9.17, 15) is 4.79 Å². The van der Waals surface area contributed by atoms with Crippen LogP contribution in [0.25, 0.3) is 10.6 Å². The third-order valence-corrected chi connectivity index (χ3v) is 7.36. The standard InChI is InChI=1S/C28H34N2O3S/c1-4-21-11-13-22(14-12-21)28-29-24(20(3)34-28)16-19-33-26-10-6-9-25-23(26)8-7-17-30(25)18-15-27(31)32-5-2/h6,9-14H,4-5,7-8,15-19H2,1-3H3. The van der Waals surface area contributed by atoms with Crippen molar-refractivity contribution in [1.29, 1.82) is 0 Å². The van der Waals surface area contributed by atoms with Gasteiger partial charge in [-0.05, 0) is 50.8 Å². The Balaban J connectivity index is 1.39. The maximum atomic E-state index is 11.8. The molecule has 2 aromatic carbocycles. The van der Waals surface area contributed by atoms with Crippen molar-refractivity contribution in [1.82, 2.24) is 4.98 Å². The second-order valence-corrected chi connectivity index (χ2v) is 9.77. The van der Waals surface area contributed by atoms with Crippen molar-refractivity contribution in [2.75, 3.05) is 31.2 Å². The summed E-state index contributed by atoms with van der Waals surface area (Å²) in [5, 5.41) is 1.07. The van der Waals surface area contributed by atoms with E-state index < -0.39 is 0 Å². The predicted molar refractivity (Wildman–Crippen MR) is 139 cm³/mol. The molecule has 1 aliphatic heterocycles. The van der Waals surface area contributed by atoms with Gasteiger partial charge in [-0.1, -0.05) is 37.3 Å². The second-order valence-electron chi connectivity index (χ2n) is 8.57. The van der Waals surface area contributed by atoms with E-state index in [1.807, 2.05) is 13.0 Å². The van der Waals surface area contributed by atoms with E-state index in [0.717, 1.165) is 48.7 Å². The molecule has 0 atom stereocenters. The van der Waals surface area contributed by atoms with Crippen LogP contribution >= 0.6 is 11.3 Å². The zero-order valence-corrected chi connectivity index (χ0v) is 21.2. The number of nitrogens with zero attached hydrogens (tertiary/aromatic N) is 2. The number of carbonyl (C=O) groups is 1. The van der Waals surface area contributed by atoms with Gasteiger partial charge in [-0.15, -0.1) is 11.3 Å². The Morgan fingerprint density at radius 3 is 2.74 bits per heavy atom. The Labute approximate surface area is 206 Å². The van der Waals surface area contributed by atoms with Gasteiger partial charge >= 0.3 is 5.97 Å². The van der Waals surface area contributed by atoms with E-state index in [-0.39, 0.29) is 5.97 Å². The van der Waals surface area contributed by atoms with Crippen molar-refractivity contribution in [3.05, 3.63) is 64.2 Å². The number of thiazole rings is 1. The summed E-state index contributed by atoms with van der Waals surface area (Å²) < 4.78 is 11.4. The molecular formula is C28H34N2O3S. The van der Waals surface area contributed by atoms with Crippen LogP contribution in [0.3, 0.4) is 0 Å². The van der Waals surface area contributed by atoms with Gasteiger partial charge in [0.1, 0.15) is 10.8 Å². The molecule has 34 heavy (non-hydrogen) atoms. The number of aromatic nitrogens is 1. The lowest BCUT2D eigenvalue weighted by Crippen LogP contribution is -2.32. The van der Waals surface area contributed by atoms with Gasteiger partial charge in [0.15, 0.2) is 0 Å². The fraction of sp³-hybridized carbons (Fsp3) is 0.429. The number of fused-ring (bicyclic) bond motifs is 1. The van der Waals surface area contributed by atoms with Crippen LogP contribution < -0.4 is 9.64 Å². The molecule has 4 rings (SSSR count). The maximum absolute atomic E-state index is 11.8. The molecule has 2 heterocycles. The van der Waals surface area contributed by atoms with E-state index in [4.69, 9.17) is 14.5 Å². The highest BCUT2D eigenvalue weighted by Gasteiger charge is 2.21. The van der Waals surface area contributed by atoms with E-state index in [2.05, 4.69) is 55.1 Å². The quantitative estimate of drug-likeness (QED) is 0.334. The number of esters is 1. The minimum absolute atomic E-state index is 0.138. The third-order valence-electron chi connectivity index (χ3n) is 6.29. The maximum Gasteiger partial charge on any atom is 0.307 e. The first-order valence-electron chi connectivity index (χ1n) is 12.3. The summed E-state index contributed by atoms with van der Waals surface area (Å²) in [6, 6.07) is 14.9. The molecule has 0 saturated carbocycles. The lowest BCUT2D eigenvalue weighted by atomic mass is 10.0. The number of ether oxygens (including phenoxy) is 2. The van der Waals surface area contributed by atoms with Crippen molar-refractivity contribution < 1.29 is 14.3 Å². The summed E-state index contributed by atoms with van der Waals surface area (Å²) >= 11 is 1.75. The van der Waals surface area contributed by atoms with Crippen LogP contribution in [0.5, 0.6) is 5.75 Å². The van der Waals surface area contributed by atoms with Gasteiger partial charge in [0, 0.05) is 41.2 Å². The van der Waals surface area contributed by atoms with Crippen molar-refractivity contribution in [3.63, 3.8) is 0 Å². The number of hydrogen-bond acceptors (Lipinski definition) is 6. The van der Waals surface area contributed by atoms with E-state index in [1.165, 1.54) is 27.3 Å². The lowest BCUT2D eigenvalue weighted by Gasteiger charge is -2.32. The van der Waals surface area contributed by atoms with Gasteiger partial charge in [0.2, 0.25) is 0 Å². The lowest BCUT2D eigenvalue weighted by molar-refractivity contribution is -0.142. The zero-order valence-electron chi connectivity index (χ0n) is 20.4. The average molecular weight is 479 g/mol. The Morgan fingerprint density at radius 2 is 1.97 bits per heavy atom. The fourth-order valence-corrected chi connectivity index (χ4v) is 5.39. The number of carbonyl (C=O) groups excluding carboxylic acids is 1. The topological polar surface area (TPSA) is 51.7 Å². The molecule has 1 aromatic heterocycles. The normalized spacial score (nSPS) is 13.0. The molecule has 1 aliphatic rings. The van der Waals surface area contributed by atoms with Gasteiger partial charge in [0.05, 0.1) is 25.3 Å². The van der Waals surface area contributed by atoms with Gasteiger partial charge in [0.25, 0.3) is 0 Å². The molecule has 0 unspecified atom stereocenters. The molecule has 3 aromatic rings. The highest BCUT2D eigenvalue weighted by molar-refractivity contribution is 7.15. The first-order chi connectivity index (χ1) is 16.6. The second kappa shape index (κ2) is 11.5. The van der Waals surface area contributed by atoms with Crippen LogP contribution in [0.15, 0.2) is 42.5 Å². The largest absolute Gasteiger partial charge is 0.493 e. The van der Waals surface area contributed by atoms with Crippen molar-refractivity contribution in [2.45, 2.75) is 52.9 Å². The van der Waals surface area contributed by atoms with Crippen LogP contribution in [0.1, 0.15) is 48.4 Å². The minimum Gasteiger partial charge on any atom is -0.493 e. The molecule has 0 spiro atoms. The molecule has 0 N–H and O–H groups in total. The Morgan fingerprint density at radius 1 is 1.15 bits per heavy atom. The van der Waals surface area contributed by atoms with Gasteiger partial charge in [-0.3, -0.25) is 4.79 Å². The molecule has 180 valence electrons. The number of benzene rings is 2. The van der Waals surface area contributed by atoms with E-state index in [0.29, 0.717) is 26.2 Å². The van der Waals surface area contributed by atoms with Crippen LogP contribution in [0.4, 0.5) is 5.69 Å². The summed E-state index contributed by atoms with van der Waals surface area (Å²) in [6.07, 6.45) is 4.29. The SMILES string of the molecule is CCOC(=O)CCN1CCCc2c(OCCc3nc(-c4ccc(CC)cc4)sc3C)cccc21. The molecule has 0 saturated heterocycles. The van der Waals surface area contributed by atoms with Crippen molar-refractivity contribution in [2.24, 2.45) is 0 Å². The molecule has 5 nitrogen and oxygen atoms in total. The summed E-state index contributed by atoms with van der Waals surface area (Å²) in [7, 11) is 0. The monoisotopic (exact) mass is 478 g/mol. The number of rotatable bonds is 10. The first-order valence-corrected chi connectivity index (χ1v) is 13.1. The molecule has 0 amide bonds. The molecular weight excluding hydrogens is 444 g/mol. The third kappa shape index (κ3) is 5.79. The Kier molecular flexibility index (Phi) is 8.22. The van der Waals surface area contributed by atoms with Gasteiger partial charge in [-0.25, -0.2) is 4.98 Å². The van der Waals surface area contributed by atoms with Gasteiger partial charge < -0.3 is 14.4 Å². The zero-order chi connectivity index (χ0) is 23.9. The summed E-state index contributed by atoms with van der Waals surface area (Å²) in [5.41, 5.74) is 6.05. The Hall–Kier alpha value is -2.86. The van der Waals surface area contributed by atoms with Crippen LogP contribution in [0, 0.1) is 6.92 Å². The van der Waals surface area contributed by atoms with Crippen molar-refractivity contribution in [3.8, 4) is 16.3 Å². The Bertz CT molecular complexity index is 1110.